The molecule has 1 aliphatic heterocycles. The van der Waals surface area contributed by atoms with Gasteiger partial charge in [-0.05, 0) is 12.1 Å². The lowest BCUT2D eigenvalue weighted by Gasteiger charge is -2.21. The predicted octanol–water partition coefficient (Wildman–Crippen LogP) is 1.86. The van der Waals surface area contributed by atoms with Crippen molar-refractivity contribution in [3.05, 3.63) is 41.9 Å². The largest absolute Gasteiger partial charge is 0.476 e. The van der Waals surface area contributed by atoms with E-state index in [1.54, 1.807) is 11.0 Å². The topological polar surface area (TPSA) is 71.2 Å². The van der Waals surface area contributed by atoms with Gasteiger partial charge in [-0.3, -0.25) is 0 Å². The first-order valence-electron chi connectivity index (χ1n) is 7.39. The molecule has 0 radical (unpaired) electrons. The molecule has 2 unspecified atom stereocenters. The molecule has 2 atom stereocenters. The highest BCUT2D eigenvalue weighted by Gasteiger charge is 2.71. The molecule has 2 aromatic heterocycles. The van der Waals surface area contributed by atoms with E-state index in [0.717, 1.165) is 0 Å². The third kappa shape index (κ3) is 2.31. The van der Waals surface area contributed by atoms with Crippen LogP contribution in [0.5, 0.6) is 0 Å². The van der Waals surface area contributed by atoms with Crippen LogP contribution in [0.2, 0.25) is 0 Å². The average Bonchev–Trinajstić information content (AvgIpc) is 3.00. The van der Waals surface area contributed by atoms with E-state index in [-0.39, 0.29) is 30.9 Å². The Morgan fingerprint density at radius 2 is 2.04 bits per heavy atom. The van der Waals surface area contributed by atoms with E-state index < -0.39 is 29.7 Å². The van der Waals surface area contributed by atoms with Crippen LogP contribution in [0.4, 0.5) is 19.0 Å². The average molecular weight is 338 g/mol. The Kier molecular flexibility index (Phi) is 3.09. The predicted molar refractivity (Wildman–Crippen MR) is 76.6 cm³/mol. The van der Waals surface area contributed by atoms with Crippen LogP contribution < -0.4 is 4.90 Å². The number of nitrogens with zero attached hydrogens (tertiary/aromatic N) is 4. The van der Waals surface area contributed by atoms with Crippen molar-refractivity contribution in [3.8, 4) is 0 Å². The van der Waals surface area contributed by atoms with Gasteiger partial charge in [0.25, 0.3) is 5.92 Å². The molecule has 1 aliphatic carbocycles. The second kappa shape index (κ2) is 4.96. The molecular formula is C15H13F3N4O2. The molecule has 9 heteroatoms. The summed E-state index contributed by atoms with van der Waals surface area (Å²) in [6.07, 6.45) is 2.60. The highest BCUT2D eigenvalue weighted by Crippen LogP contribution is 2.59. The van der Waals surface area contributed by atoms with Crippen LogP contribution in [0.25, 0.3) is 0 Å². The molecule has 0 amide bonds. The molecule has 0 aromatic carbocycles. The number of carboxylic acid groups (broad SMARTS) is 1. The highest BCUT2D eigenvalue weighted by atomic mass is 19.3. The number of piperidine rings is 1. The number of aromatic carboxylic acids is 1. The zero-order valence-corrected chi connectivity index (χ0v) is 12.4. The van der Waals surface area contributed by atoms with Crippen LogP contribution in [0.15, 0.2) is 24.7 Å². The molecule has 4 rings (SSSR count). The Morgan fingerprint density at radius 1 is 1.33 bits per heavy atom. The fraction of sp³-hybridized carbons (Fsp3) is 0.400. The highest BCUT2D eigenvalue weighted by molar-refractivity contribution is 5.84. The number of rotatable bonds is 4. The molecule has 6 nitrogen and oxygen atoms in total. The van der Waals surface area contributed by atoms with Gasteiger partial charge >= 0.3 is 5.97 Å². The van der Waals surface area contributed by atoms with E-state index in [9.17, 15) is 18.0 Å². The van der Waals surface area contributed by atoms with E-state index in [1.807, 2.05) is 0 Å². The number of carbonyl (C=O) groups is 1. The molecule has 1 saturated carbocycles. The summed E-state index contributed by atoms with van der Waals surface area (Å²) in [7, 11) is 0. The molecule has 126 valence electrons. The van der Waals surface area contributed by atoms with Gasteiger partial charge in [-0.25, -0.2) is 23.5 Å². The van der Waals surface area contributed by atoms with Crippen LogP contribution in [0.1, 0.15) is 16.1 Å². The SMILES string of the molecule is O=C(O)c1cn(Cc2ccc(N3CC4C(C3)C4(F)F)nc2F)cn1. The molecule has 0 spiro atoms. The Labute approximate surface area is 134 Å². The Hall–Kier alpha value is -2.58. The van der Waals surface area contributed by atoms with Gasteiger partial charge in [0.05, 0.1) is 24.7 Å². The Morgan fingerprint density at radius 3 is 2.62 bits per heavy atom. The van der Waals surface area contributed by atoms with Crippen molar-refractivity contribution in [2.75, 3.05) is 18.0 Å². The fourth-order valence-corrected chi connectivity index (χ4v) is 3.20. The first kappa shape index (κ1) is 15.0. The molecular weight excluding hydrogens is 325 g/mol. The van der Waals surface area contributed by atoms with Crippen molar-refractivity contribution in [1.82, 2.24) is 14.5 Å². The third-order valence-corrected chi connectivity index (χ3v) is 4.64. The summed E-state index contributed by atoms with van der Waals surface area (Å²) in [4.78, 5) is 20.0. The standard InChI is InChI=1S/C15H13F3N4O2/c16-13-8(3-21-6-11(14(23)24)19-7-21)1-2-12(20-13)22-4-9-10(5-22)15(9,17)18/h1-2,6-7,9-10H,3-5H2,(H,23,24). The summed E-state index contributed by atoms with van der Waals surface area (Å²) in [6.45, 7) is 0.461. The van der Waals surface area contributed by atoms with Crippen molar-refractivity contribution < 1.29 is 23.1 Å². The summed E-state index contributed by atoms with van der Waals surface area (Å²) in [5.74, 6) is -5.41. The number of pyridine rings is 1. The van der Waals surface area contributed by atoms with Crippen molar-refractivity contribution in [2.24, 2.45) is 11.8 Å². The normalized spacial score (nSPS) is 24.0. The smallest absolute Gasteiger partial charge is 0.356 e. The second-order valence-corrected chi connectivity index (χ2v) is 6.15. The molecule has 24 heavy (non-hydrogen) atoms. The van der Waals surface area contributed by atoms with Crippen molar-refractivity contribution in [2.45, 2.75) is 12.5 Å². The molecule has 2 fully saturated rings. The van der Waals surface area contributed by atoms with Crippen LogP contribution in [0, 0.1) is 17.8 Å². The molecule has 1 saturated heterocycles. The van der Waals surface area contributed by atoms with Gasteiger partial charge in [0.1, 0.15) is 5.82 Å². The quantitative estimate of drug-likeness (QED) is 0.862. The molecule has 0 bridgehead atoms. The van der Waals surface area contributed by atoms with E-state index in [1.165, 1.54) is 23.2 Å². The maximum absolute atomic E-state index is 14.2. The summed E-state index contributed by atoms with van der Waals surface area (Å²) >= 11 is 0. The van der Waals surface area contributed by atoms with Gasteiger partial charge in [-0.2, -0.15) is 4.39 Å². The second-order valence-electron chi connectivity index (χ2n) is 6.15. The monoisotopic (exact) mass is 338 g/mol. The maximum atomic E-state index is 14.2. The third-order valence-electron chi connectivity index (χ3n) is 4.64. The Bertz CT molecular complexity index is 809. The summed E-state index contributed by atoms with van der Waals surface area (Å²) < 4.78 is 42.0. The maximum Gasteiger partial charge on any atom is 0.356 e. The zero-order valence-electron chi connectivity index (χ0n) is 12.4. The van der Waals surface area contributed by atoms with Gasteiger partial charge in [0.15, 0.2) is 5.69 Å². The van der Waals surface area contributed by atoms with Gasteiger partial charge in [-0.1, -0.05) is 0 Å². The zero-order chi connectivity index (χ0) is 17.1. The first-order chi connectivity index (χ1) is 11.4. The van der Waals surface area contributed by atoms with Crippen molar-refractivity contribution >= 4 is 11.8 Å². The van der Waals surface area contributed by atoms with E-state index in [0.29, 0.717) is 5.82 Å². The summed E-state index contributed by atoms with van der Waals surface area (Å²) in [5, 5.41) is 8.82. The van der Waals surface area contributed by atoms with Gasteiger partial charge in [-0.15, -0.1) is 0 Å². The van der Waals surface area contributed by atoms with Crippen LogP contribution in [0.3, 0.4) is 0 Å². The minimum atomic E-state index is -2.59. The first-order valence-corrected chi connectivity index (χ1v) is 7.39. The molecule has 2 aromatic rings. The lowest BCUT2D eigenvalue weighted by Crippen LogP contribution is -2.28. The minimum Gasteiger partial charge on any atom is -0.476 e. The number of alkyl halides is 2. The molecule has 1 N–H and O–H groups in total. The van der Waals surface area contributed by atoms with Crippen LogP contribution in [-0.4, -0.2) is 44.6 Å². The number of fused-ring (bicyclic) bond motifs is 1. The van der Waals surface area contributed by atoms with E-state index in [4.69, 9.17) is 5.11 Å². The summed E-state index contributed by atoms with van der Waals surface area (Å²) in [5.41, 5.74) is 0.139. The number of hydrogen-bond donors (Lipinski definition) is 1. The number of hydrogen-bond acceptors (Lipinski definition) is 4. The van der Waals surface area contributed by atoms with Crippen molar-refractivity contribution in [3.63, 3.8) is 0 Å². The number of anilines is 1. The lowest BCUT2D eigenvalue weighted by molar-refractivity contribution is 0.0690. The summed E-state index contributed by atoms with van der Waals surface area (Å²) in [6, 6.07) is 3.12. The van der Waals surface area contributed by atoms with Gasteiger partial charge < -0.3 is 14.6 Å². The molecule has 3 heterocycles. The number of imidazole rings is 1. The molecule has 2 aliphatic rings. The van der Waals surface area contributed by atoms with Crippen LogP contribution >= 0.6 is 0 Å². The number of carboxylic acids is 1. The fourth-order valence-electron chi connectivity index (χ4n) is 3.20. The number of halogens is 3. The van der Waals surface area contributed by atoms with Gasteiger partial charge in [0, 0.05) is 24.8 Å². The van der Waals surface area contributed by atoms with Crippen LogP contribution in [-0.2, 0) is 6.54 Å². The van der Waals surface area contributed by atoms with Crippen molar-refractivity contribution in [1.29, 1.82) is 0 Å². The van der Waals surface area contributed by atoms with E-state index >= 15 is 0 Å². The van der Waals surface area contributed by atoms with E-state index in [2.05, 4.69) is 9.97 Å². The Balaban J connectivity index is 1.47. The van der Waals surface area contributed by atoms with Gasteiger partial charge in [0.2, 0.25) is 5.95 Å². The lowest BCUT2D eigenvalue weighted by atomic mass is 10.2. The minimum absolute atomic E-state index is 0.0860. The number of aromatic nitrogens is 3.